The summed E-state index contributed by atoms with van der Waals surface area (Å²) in [7, 11) is 0. The predicted molar refractivity (Wildman–Crippen MR) is 73.8 cm³/mol. The number of carbonyl (C=O) groups is 1. The molecule has 2 rings (SSSR count). The molecule has 0 aliphatic heterocycles. The zero-order valence-electron chi connectivity index (χ0n) is 10.6. The Kier molecular flexibility index (Phi) is 4.52. The average Bonchev–Trinajstić information content (AvgIpc) is 2.78. The van der Waals surface area contributed by atoms with Crippen molar-refractivity contribution in [3.63, 3.8) is 0 Å². The molecule has 0 amide bonds. The molecule has 0 radical (unpaired) electrons. The second-order valence-corrected chi connectivity index (χ2v) is 5.40. The summed E-state index contributed by atoms with van der Waals surface area (Å²) >= 11 is 1.43. The maximum absolute atomic E-state index is 10.6. The minimum atomic E-state index is -0.828. The molecule has 0 aliphatic rings. The van der Waals surface area contributed by atoms with Crippen molar-refractivity contribution in [1.29, 1.82) is 0 Å². The number of aliphatic carboxylic acids is 1. The number of hydrogen-bond donors (Lipinski definition) is 1. The highest BCUT2D eigenvalue weighted by Crippen LogP contribution is 2.16. The topological polar surface area (TPSA) is 59.4 Å². The van der Waals surface area contributed by atoms with Gasteiger partial charge in [-0.15, -0.1) is 11.3 Å². The van der Waals surface area contributed by atoms with Crippen LogP contribution in [-0.2, 0) is 17.6 Å². The first kappa shape index (κ1) is 13.5. The highest BCUT2D eigenvalue weighted by atomic mass is 32.1. The van der Waals surface area contributed by atoms with E-state index in [2.05, 4.69) is 4.98 Å². The first-order valence-corrected chi connectivity index (χ1v) is 6.80. The number of aromatic nitrogens is 1. The van der Waals surface area contributed by atoms with Crippen LogP contribution in [0.2, 0.25) is 0 Å². The number of carboxylic acids is 1. The van der Waals surface area contributed by atoms with E-state index in [1.165, 1.54) is 16.9 Å². The number of benzene rings is 1. The molecule has 2 aromatic rings. The molecule has 1 aromatic heterocycles. The van der Waals surface area contributed by atoms with Crippen molar-refractivity contribution in [2.24, 2.45) is 0 Å². The molecule has 0 atom stereocenters. The van der Waals surface area contributed by atoms with Gasteiger partial charge in [-0.1, -0.05) is 17.7 Å². The second-order valence-electron chi connectivity index (χ2n) is 4.20. The van der Waals surface area contributed by atoms with Crippen molar-refractivity contribution >= 4 is 17.3 Å². The Morgan fingerprint density at radius 2 is 2.11 bits per heavy atom. The van der Waals surface area contributed by atoms with E-state index in [-0.39, 0.29) is 6.42 Å². The smallest absolute Gasteiger partial charge is 0.308 e. The third-order valence-electron chi connectivity index (χ3n) is 2.53. The molecule has 0 saturated carbocycles. The van der Waals surface area contributed by atoms with Gasteiger partial charge in [0, 0.05) is 17.5 Å². The van der Waals surface area contributed by atoms with Crippen molar-refractivity contribution in [2.75, 3.05) is 6.61 Å². The van der Waals surface area contributed by atoms with E-state index in [4.69, 9.17) is 9.84 Å². The highest BCUT2D eigenvalue weighted by molar-refractivity contribution is 7.11. The van der Waals surface area contributed by atoms with Crippen LogP contribution >= 0.6 is 11.3 Å². The minimum Gasteiger partial charge on any atom is -0.493 e. The van der Waals surface area contributed by atoms with E-state index in [1.54, 1.807) is 6.20 Å². The molecule has 1 N–H and O–H groups in total. The molecule has 0 aliphatic carbocycles. The molecule has 1 aromatic carbocycles. The van der Waals surface area contributed by atoms with Crippen LogP contribution < -0.4 is 4.74 Å². The van der Waals surface area contributed by atoms with Crippen LogP contribution in [0.3, 0.4) is 0 Å². The summed E-state index contributed by atoms with van der Waals surface area (Å²) in [6.45, 7) is 2.58. The molecule has 19 heavy (non-hydrogen) atoms. The molecule has 0 spiro atoms. The fourth-order valence-electron chi connectivity index (χ4n) is 1.59. The number of nitrogens with zero attached hydrogens (tertiary/aromatic N) is 1. The van der Waals surface area contributed by atoms with Crippen LogP contribution in [0.25, 0.3) is 0 Å². The third-order valence-corrected chi connectivity index (χ3v) is 3.59. The lowest BCUT2D eigenvalue weighted by Gasteiger charge is -2.04. The van der Waals surface area contributed by atoms with Gasteiger partial charge in [-0.05, 0) is 19.1 Å². The molecule has 4 nitrogen and oxygen atoms in total. The third kappa shape index (κ3) is 4.37. The van der Waals surface area contributed by atoms with Crippen LogP contribution in [0.4, 0.5) is 0 Å². The van der Waals surface area contributed by atoms with Crippen LogP contribution in [0.15, 0.2) is 30.5 Å². The summed E-state index contributed by atoms with van der Waals surface area (Å²) in [6.07, 6.45) is 2.36. The minimum absolute atomic E-state index is 0.0382. The molecular formula is C14H15NO3S. The van der Waals surface area contributed by atoms with Crippen molar-refractivity contribution < 1.29 is 14.6 Å². The van der Waals surface area contributed by atoms with Crippen molar-refractivity contribution in [3.8, 4) is 5.75 Å². The van der Waals surface area contributed by atoms with E-state index in [0.717, 1.165) is 15.6 Å². The van der Waals surface area contributed by atoms with Gasteiger partial charge in [0.15, 0.2) is 0 Å². The maximum atomic E-state index is 10.6. The van der Waals surface area contributed by atoms with Crippen LogP contribution in [0.1, 0.15) is 15.4 Å². The normalized spacial score (nSPS) is 10.4. The zero-order chi connectivity index (χ0) is 13.7. The Labute approximate surface area is 115 Å². The summed E-state index contributed by atoms with van der Waals surface area (Å²) in [5.74, 6) is 0.0130. The first-order chi connectivity index (χ1) is 9.13. The van der Waals surface area contributed by atoms with Crippen LogP contribution in [0, 0.1) is 6.92 Å². The second kappa shape index (κ2) is 6.33. The Bertz CT molecular complexity index is 548. The van der Waals surface area contributed by atoms with Gasteiger partial charge in [-0.3, -0.25) is 4.79 Å². The number of thiazole rings is 1. The van der Waals surface area contributed by atoms with Crippen LogP contribution in [-0.4, -0.2) is 22.7 Å². The quantitative estimate of drug-likeness (QED) is 0.882. The molecule has 5 heteroatoms. The van der Waals surface area contributed by atoms with Gasteiger partial charge >= 0.3 is 5.97 Å². The summed E-state index contributed by atoms with van der Waals surface area (Å²) in [4.78, 5) is 15.5. The van der Waals surface area contributed by atoms with Gasteiger partial charge in [0.25, 0.3) is 0 Å². The summed E-state index contributed by atoms with van der Waals surface area (Å²) in [6, 6.07) is 7.88. The fraction of sp³-hybridized carbons (Fsp3) is 0.286. The molecule has 1 heterocycles. The monoisotopic (exact) mass is 277 g/mol. The summed E-state index contributed by atoms with van der Waals surface area (Å²) in [5.41, 5.74) is 1.20. The number of aryl methyl sites for hydroxylation is 1. The lowest BCUT2D eigenvalue weighted by atomic mass is 10.2. The zero-order valence-corrected chi connectivity index (χ0v) is 11.4. The number of ether oxygens (including phenoxy) is 1. The lowest BCUT2D eigenvalue weighted by Crippen LogP contribution is -2.00. The first-order valence-electron chi connectivity index (χ1n) is 5.98. The standard InChI is InChI=1S/C14H15NO3S/c1-10-2-4-11(5-3-10)18-7-6-13-15-9-12(19-13)8-14(16)17/h2-5,9H,6-8H2,1H3,(H,16,17). The summed E-state index contributed by atoms with van der Waals surface area (Å²) < 4.78 is 5.61. The van der Waals surface area contributed by atoms with Gasteiger partial charge in [0.1, 0.15) is 5.75 Å². The molecule has 0 fully saturated rings. The number of carboxylic acid groups (broad SMARTS) is 1. The Balaban J connectivity index is 1.80. The van der Waals surface area contributed by atoms with Crippen molar-refractivity contribution in [1.82, 2.24) is 4.98 Å². The number of hydrogen-bond acceptors (Lipinski definition) is 4. The van der Waals surface area contributed by atoms with Gasteiger partial charge in [0.05, 0.1) is 18.0 Å². The van der Waals surface area contributed by atoms with Crippen molar-refractivity contribution in [3.05, 3.63) is 45.9 Å². The van der Waals surface area contributed by atoms with Gasteiger partial charge < -0.3 is 9.84 Å². The fourth-order valence-corrected chi connectivity index (χ4v) is 2.48. The SMILES string of the molecule is Cc1ccc(OCCc2ncc(CC(=O)O)s2)cc1. The predicted octanol–water partition coefficient (Wildman–Crippen LogP) is 2.70. The van der Waals surface area contributed by atoms with Gasteiger partial charge in [-0.2, -0.15) is 0 Å². The maximum Gasteiger partial charge on any atom is 0.308 e. The average molecular weight is 277 g/mol. The summed E-state index contributed by atoms with van der Waals surface area (Å²) in [5, 5.41) is 9.58. The van der Waals surface area contributed by atoms with Gasteiger partial charge in [0.2, 0.25) is 0 Å². The molecule has 100 valence electrons. The Hall–Kier alpha value is -1.88. The Morgan fingerprint density at radius 1 is 1.37 bits per heavy atom. The van der Waals surface area contributed by atoms with E-state index >= 15 is 0 Å². The lowest BCUT2D eigenvalue weighted by molar-refractivity contribution is -0.136. The number of rotatable bonds is 6. The van der Waals surface area contributed by atoms with E-state index in [9.17, 15) is 4.79 Å². The highest BCUT2D eigenvalue weighted by Gasteiger charge is 2.06. The molecule has 0 unspecified atom stereocenters. The van der Waals surface area contributed by atoms with Gasteiger partial charge in [-0.25, -0.2) is 4.98 Å². The van der Waals surface area contributed by atoms with Crippen LogP contribution in [0.5, 0.6) is 5.75 Å². The largest absolute Gasteiger partial charge is 0.493 e. The molecule has 0 saturated heterocycles. The van der Waals surface area contributed by atoms with Crippen molar-refractivity contribution in [2.45, 2.75) is 19.8 Å². The van der Waals surface area contributed by atoms with E-state index in [1.807, 2.05) is 31.2 Å². The molecular weight excluding hydrogens is 262 g/mol. The Morgan fingerprint density at radius 3 is 2.79 bits per heavy atom. The van der Waals surface area contributed by atoms with E-state index in [0.29, 0.717) is 13.0 Å². The van der Waals surface area contributed by atoms with E-state index < -0.39 is 5.97 Å². The molecule has 0 bridgehead atoms.